The number of nitrogens with two attached hydrogens (primary N) is 1. The largest absolute Gasteiger partial charge is 0.573 e. The predicted molar refractivity (Wildman–Crippen MR) is 81.0 cm³/mol. The first-order chi connectivity index (χ1) is 11.2. The van der Waals surface area contributed by atoms with E-state index in [4.69, 9.17) is 17.3 Å². The number of urea groups is 1. The van der Waals surface area contributed by atoms with Crippen LogP contribution in [0.1, 0.15) is 10.4 Å². The Balaban J connectivity index is 2.33. The van der Waals surface area contributed by atoms with E-state index in [-0.39, 0.29) is 16.3 Å². The molecule has 0 atom stereocenters. The van der Waals surface area contributed by atoms with Crippen LogP contribution < -0.4 is 15.4 Å². The summed E-state index contributed by atoms with van der Waals surface area (Å²) in [6, 6.07) is 8.98. The van der Waals surface area contributed by atoms with Crippen LogP contribution in [0.3, 0.4) is 0 Å². The molecule has 2 N–H and O–H groups in total. The van der Waals surface area contributed by atoms with E-state index < -0.39 is 24.1 Å². The monoisotopic (exact) mass is 358 g/mol. The summed E-state index contributed by atoms with van der Waals surface area (Å²) < 4.78 is 40.2. The van der Waals surface area contributed by atoms with E-state index in [0.717, 1.165) is 24.3 Å². The maximum absolute atomic E-state index is 12.5. The number of carbonyl (C=O) groups excluding carboxylic acids is 2. The maximum Gasteiger partial charge on any atom is 0.573 e. The molecule has 9 heteroatoms. The molecule has 126 valence electrons. The standard InChI is InChI=1S/C15H10ClF3N2O3/c16-12-4-2-1-3-11(12)13(22)21(14(20)23)9-5-7-10(8-6-9)24-15(17,18)19/h1-8H,(H2,20,23). The van der Waals surface area contributed by atoms with Gasteiger partial charge in [0.1, 0.15) is 5.75 Å². The van der Waals surface area contributed by atoms with Crippen LogP contribution in [0, 0.1) is 0 Å². The number of hydrogen-bond acceptors (Lipinski definition) is 3. The Morgan fingerprint density at radius 1 is 1.04 bits per heavy atom. The minimum absolute atomic E-state index is 0.0218. The first-order valence-electron chi connectivity index (χ1n) is 6.43. The smallest absolute Gasteiger partial charge is 0.406 e. The van der Waals surface area contributed by atoms with Gasteiger partial charge in [0.2, 0.25) is 0 Å². The van der Waals surface area contributed by atoms with Gasteiger partial charge in [-0.15, -0.1) is 13.2 Å². The fourth-order valence-electron chi connectivity index (χ4n) is 1.90. The van der Waals surface area contributed by atoms with E-state index in [1.54, 1.807) is 12.1 Å². The summed E-state index contributed by atoms with van der Waals surface area (Å²) in [7, 11) is 0. The van der Waals surface area contributed by atoms with Gasteiger partial charge in [0.05, 0.1) is 16.3 Å². The Hall–Kier alpha value is -2.74. The van der Waals surface area contributed by atoms with Crippen molar-refractivity contribution in [1.82, 2.24) is 0 Å². The first-order valence-corrected chi connectivity index (χ1v) is 6.81. The Morgan fingerprint density at radius 3 is 2.12 bits per heavy atom. The fraction of sp³-hybridized carbons (Fsp3) is 0.0667. The van der Waals surface area contributed by atoms with E-state index in [2.05, 4.69) is 4.74 Å². The molecule has 0 unspecified atom stereocenters. The van der Waals surface area contributed by atoms with Crippen molar-refractivity contribution < 1.29 is 27.5 Å². The van der Waals surface area contributed by atoms with Crippen LogP contribution in [-0.2, 0) is 0 Å². The van der Waals surface area contributed by atoms with Gasteiger partial charge in [-0.1, -0.05) is 23.7 Å². The summed E-state index contributed by atoms with van der Waals surface area (Å²) in [4.78, 5) is 24.7. The molecule has 0 heterocycles. The van der Waals surface area contributed by atoms with Gasteiger partial charge >= 0.3 is 12.4 Å². The molecular formula is C15H10ClF3N2O3. The maximum atomic E-state index is 12.5. The minimum atomic E-state index is -4.85. The molecule has 5 nitrogen and oxygen atoms in total. The molecule has 2 aromatic carbocycles. The summed E-state index contributed by atoms with van der Waals surface area (Å²) >= 11 is 5.91. The molecule has 0 aliphatic rings. The molecule has 0 radical (unpaired) electrons. The van der Waals surface area contributed by atoms with E-state index in [0.29, 0.717) is 4.90 Å². The minimum Gasteiger partial charge on any atom is -0.406 e. The molecule has 0 spiro atoms. The molecule has 0 aliphatic heterocycles. The molecule has 0 aromatic heterocycles. The van der Waals surface area contributed by atoms with Crippen LogP contribution >= 0.6 is 11.6 Å². The van der Waals surface area contributed by atoms with Crippen molar-refractivity contribution in [2.75, 3.05) is 4.90 Å². The van der Waals surface area contributed by atoms with Gasteiger partial charge in [-0.05, 0) is 36.4 Å². The van der Waals surface area contributed by atoms with E-state index >= 15 is 0 Å². The lowest BCUT2D eigenvalue weighted by Crippen LogP contribution is -2.41. The van der Waals surface area contributed by atoms with E-state index in [9.17, 15) is 22.8 Å². The SMILES string of the molecule is NC(=O)N(C(=O)c1ccccc1Cl)c1ccc(OC(F)(F)F)cc1. The van der Waals surface area contributed by atoms with Crippen LogP contribution in [0.25, 0.3) is 0 Å². The van der Waals surface area contributed by atoms with Gasteiger partial charge in [-0.2, -0.15) is 0 Å². The van der Waals surface area contributed by atoms with E-state index in [1.807, 2.05) is 0 Å². The summed E-state index contributed by atoms with van der Waals surface area (Å²) in [6.07, 6.45) is -4.85. The van der Waals surface area contributed by atoms with Crippen LogP contribution in [0.4, 0.5) is 23.7 Å². The average Bonchev–Trinajstić information content (AvgIpc) is 2.47. The molecule has 0 bridgehead atoms. The number of halogens is 4. The second-order valence-electron chi connectivity index (χ2n) is 4.50. The number of imide groups is 1. The van der Waals surface area contributed by atoms with Gasteiger partial charge in [-0.3, -0.25) is 4.79 Å². The van der Waals surface area contributed by atoms with Crippen molar-refractivity contribution in [2.24, 2.45) is 5.73 Å². The summed E-state index contributed by atoms with van der Waals surface area (Å²) in [5.74, 6) is -1.31. The Bertz CT molecular complexity index is 763. The first kappa shape index (κ1) is 17.6. The second kappa shape index (κ2) is 6.79. The molecule has 2 aromatic rings. The summed E-state index contributed by atoms with van der Waals surface area (Å²) in [6.45, 7) is 0. The van der Waals surface area contributed by atoms with Crippen molar-refractivity contribution in [1.29, 1.82) is 0 Å². The number of carbonyl (C=O) groups is 2. The number of benzene rings is 2. The topological polar surface area (TPSA) is 72.6 Å². The normalized spacial score (nSPS) is 11.0. The van der Waals surface area contributed by atoms with Crippen LogP contribution in [-0.4, -0.2) is 18.3 Å². The van der Waals surface area contributed by atoms with Crippen molar-refractivity contribution in [2.45, 2.75) is 6.36 Å². The fourth-order valence-corrected chi connectivity index (χ4v) is 2.11. The number of alkyl halides is 3. The van der Waals surface area contributed by atoms with Crippen LogP contribution in [0.15, 0.2) is 48.5 Å². The lowest BCUT2D eigenvalue weighted by Gasteiger charge is -2.19. The highest BCUT2D eigenvalue weighted by molar-refractivity contribution is 6.35. The zero-order chi connectivity index (χ0) is 17.9. The van der Waals surface area contributed by atoms with Gasteiger partial charge < -0.3 is 10.5 Å². The Labute approximate surface area is 139 Å². The van der Waals surface area contributed by atoms with Gasteiger partial charge in [0, 0.05) is 0 Å². The second-order valence-corrected chi connectivity index (χ2v) is 4.91. The van der Waals surface area contributed by atoms with Crippen LogP contribution in [0.2, 0.25) is 5.02 Å². The predicted octanol–water partition coefficient (Wildman–Crippen LogP) is 3.96. The number of nitrogens with zero attached hydrogens (tertiary/aromatic N) is 1. The number of primary amides is 1. The van der Waals surface area contributed by atoms with Gasteiger partial charge in [-0.25, -0.2) is 9.69 Å². The number of ether oxygens (including phenoxy) is 1. The van der Waals surface area contributed by atoms with Crippen LogP contribution in [0.5, 0.6) is 5.75 Å². The number of anilines is 1. The van der Waals surface area contributed by atoms with E-state index in [1.165, 1.54) is 12.1 Å². The van der Waals surface area contributed by atoms with Gasteiger partial charge in [0.25, 0.3) is 5.91 Å². The number of hydrogen-bond donors (Lipinski definition) is 1. The molecule has 0 saturated heterocycles. The van der Waals surface area contributed by atoms with Gasteiger partial charge in [0.15, 0.2) is 0 Å². The third-order valence-electron chi connectivity index (χ3n) is 2.86. The third kappa shape index (κ3) is 4.17. The molecule has 0 aliphatic carbocycles. The number of amides is 3. The quantitative estimate of drug-likeness (QED) is 0.902. The summed E-state index contributed by atoms with van der Waals surface area (Å²) in [5, 5.41) is 0.103. The zero-order valence-electron chi connectivity index (χ0n) is 11.9. The van der Waals surface area contributed by atoms with Crippen molar-refractivity contribution >= 4 is 29.2 Å². The zero-order valence-corrected chi connectivity index (χ0v) is 12.6. The molecule has 0 saturated carbocycles. The highest BCUT2D eigenvalue weighted by Crippen LogP contribution is 2.27. The summed E-state index contributed by atoms with van der Waals surface area (Å²) in [5.41, 5.74) is 5.20. The molecule has 0 fully saturated rings. The number of rotatable bonds is 3. The van der Waals surface area contributed by atoms with Crippen molar-refractivity contribution in [3.05, 3.63) is 59.1 Å². The Morgan fingerprint density at radius 2 is 1.62 bits per heavy atom. The lowest BCUT2D eigenvalue weighted by atomic mass is 10.2. The lowest BCUT2D eigenvalue weighted by molar-refractivity contribution is -0.274. The van der Waals surface area contributed by atoms with Crippen molar-refractivity contribution in [3.8, 4) is 5.75 Å². The molecule has 3 amide bonds. The molecule has 2 rings (SSSR count). The molecular weight excluding hydrogens is 349 g/mol. The van der Waals surface area contributed by atoms with Crippen molar-refractivity contribution in [3.63, 3.8) is 0 Å². The highest BCUT2D eigenvalue weighted by Gasteiger charge is 2.31. The molecule has 24 heavy (non-hydrogen) atoms. The third-order valence-corrected chi connectivity index (χ3v) is 3.19. The Kier molecular flexibility index (Phi) is 4.99. The average molecular weight is 359 g/mol. The highest BCUT2D eigenvalue weighted by atomic mass is 35.5.